The molecule has 2 rings (SSSR count). The molecular formula is C12H13F3N4O3. The van der Waals surface area contributed by atoms with Crippen LogP contribution in [0.25, 0.3) is 0 Å². The largest absolute Gasteiger partial charge is 0.406 e. The molecule has 0 spiro atoms. The number of likely N-dealkylation sites (N-methyl/N-ethyl adjacent to an activating group) is 1. The lowest BCUT2D eigenvalue weighted by Gasteiger charge is -2.27. The smallest absolute Gasteiger partial charge is 0.339 e. The highest BCUT2D eigenvalue weighted by atomic mass is 19.4. The summed E-state index contributed by atoms with van der Waals surface area (Å²) in [4.78, 5) is 39.5. The van der Waals surface area contributed by atoms with Gasteiger partial charge in [-0.05, 0) is 6.42 Å². The fourth-order valence-electron chi connectivity index (χ4n) is 2.05. The highest BCUT2D eigenvalue weighted by Crippen LogP contribution is 2.17. The zero-order chi connectivity index (χ0) is 16.5. The number of amides is 3. The summed E-state index contributed by atoms with van der Waals surface area (Å²) in [6.45, 7) is -1.26. The number of aromatic nitrogens is 2. The normalized spacial score (nSPS) is 19.5. The van der Waals surface area contributed by atoms with Crippen LogP contribution in [-0.2, 0) is 16.1 Å². The zero-order valence-electron chi connectivity index (χ0n) is 11.6. The minimum atomic E-state index is -4.42. The van der Waals surface area contributed by atoms with Crippen LogP contribution in [0, 0.1) is 0 Å². The third-order valence-electron chi connectivity index (χ3n) is 3.18. The molecule has 7 nitrogen and oxygen atoms in total. The number of carbonyl (C=O) groups is 3. The monoisotopic (exact) mass is 318 g/mol. The fourth-order valence-corrected chi connectivity index (χ4v) is 2.05. The number of imide groups is 1. The van der Waals surface area contributed by atoms with Gasteiger partial charge in [0.15, 0.2) is 0 Å². The molecule has 120 valence electrons. The van der Waals surface area contributed by atoms with E-state index in [0.717, 1.165) is 22.0 Å². The number of nitrogens with one attached hydrogen (secondary N) is 1. The quantitative estimate of drug-likeness (QED) is 0.814. The van der Waals surface area contributed by atoms with E-state index >= 15 is 0 Å². The summed E-state index contributed by atoms with van der Waals surface area (Å²) in [7, 11) is 1.31. The minimum absolute atomic E-state index is 0.107. The van der Waals surface area contributed by atoms with E-state index in [4.69, 9.17) is 0 Å². The third-order valence-corrected chi connectivity index (χ3v) is 3.18. The van der Waals surface area contributed by atoms with Crippen LogP contribution < -0.4 is 5.32 Å². The Balaban J connectivity index is 2.01. The standard InChI is InChI=1S/C12H13F3N4O3/c1-18-9(20)3-2-7(11(18)22)17-10(21)8-4-19(6-16-8)5-12(13,14)15/h4,6-7H,2-3,5H2,1H3,(H,17,21). The summed E-state index contributed by atoms with van der Waals surface area (Å²) >= 11 is 0. The van der Waals surface area contributed by atoms with Gasteiger partial charge >= 0.3 is 6.18 Å². The van der Waals surface area contributed by atoms with Crippen molar-refractivity contribution in [3.05, 3.63) is 18.2 Å². The predicted molar refractivity (Wildman–Crippen MR) is 66.5 cm³/mol. The van der Waals surface area contributed by atoms with Gasteiger partial charge in [0, 0.05) is 19.7 Å². The van der Waals surface area contributed by atoms with Crippen LogP contribution in [0.3, 0.4) is 0 Å². The average molecular weight is 318 g/mol. The summed E-state index contributed by atoms with van der Waals surface area (Å²) in [5.41, 5.74) is -0.225. The molecule has 1 aromatic rings. The molecule has 0 aliphatic carbocycles. The topological polar surface area (TPSA) is 84.3 Å². The van der Waals surface area contributed by atoms with Crippen molar-refractivity contribution in [2.75, 3.05) is 7.05 Å². The molecule has 0 saturated carbocycles. The number of hydrogen-bond donors (Lipinski definition) is 1. The molecule has 0 bridgehead atoms. The Hall–Kier alpha value is -2.39. The van der Waals surface area contributed by atoms with Gasteiger partial charge in [0.05, 0.1) is 6.33 Å². The van der Waals surface area contributed by atoms with Gasteiger partial charge in [-0.25, -0.2) is 4.98 Å². The number of hydrogen-bond acceptors (Lipinski definition) is 4. The SMILES string of the molecule is CN1C(=O)CCC(NC(=O)c2cn(CC(F)(F)F)cn2)C1=O. The Bertz CT molecular complexity index is 611. The zero-order valence-corrected chi connectivity index (χ0v) is 11.6. The third kappa shape index (κ3) is 3.62. The number of piperidine rings is 1. The van der Waals surface area contributed by atoms with E-state index in [1.165, 1.54) is 7.05 Å². The van der Waals surface area contributed by atoms with E-state index in [1.54, 1.807) is 0 Å². The maximum Gasteiger partial charge on any atom is 0.406 e. The average Bonchev–Trinajstić information content (AvgIpc) is 2.85. The number of nitrogens with zero attached hydrogens (tertiary/aromatic N) is 3. The molecule has 1 saturated heterocycles. The Morgan fingerprint density at radius 2 is 2.14 bits per heavy atom. The minimum Gasteiger partial charge on any atom is -0.339 e. The van der Waals surface area contributed by atoms with E-state index in [2.05, 4.69) is 10.3 Å². The summed E-state index contributed by atoms with van der Waals surface area (Å²) in [6.07, 6.45) is -2.32. The second kappa shape index (κ2) is 5.78. The first kappa shape index (κ1) is 16.0. The first-order chi connectivity index (χ1) is 10.2. The van der Waals surface area contributed by atoms with Crippen molar-refractivity contribution in [3.8, 4) is 0 Å². The van der Waals surface area contributed by atoms with Gasteiger partial charge in [-0.15, -0.1) is 0 Å². The number of halogens is 3. The van der Waals surface area contributed by atoms with Crippen LogP contribution >= 0.6 is 0 Å². The van der Waals surface area contributed by atoms with Crippen molar-refractivity contribution in [1.82, 2.24) is 19.8 Å². The number of likely N-dealkylation sites (tertiary alicyclic amines) is 1. The predicted octanol–water partition coefficient (Wildman–Crippen LogP) is 0.323. The lowest BCUT2D eigenvalue weighted by Crippen LogP contribution is -2.52. The van der Waals surface area contributed by atoms with Gasteiger partial charge in [0.2, 0.25) is 5.91 Å². The van der Waals surface area contributed by atoms with Crippen molar-refractivity contribution >= 4 is 17.7 Å². The molecule has 1 aromatic heterocycles. The maximum absolute atomic E-state index is 12.2. The van der Waals surface area contributed by atoms with E-state index < -0.39 is 30.6 Å². The maximum atomic E-state index is 12.2. The Labute approximate surface area is 123 Å². The van der Waals surface area contributed by atoms with E-state index in [9.17, 15) is 27.6 Å². The van der Waals surface area contributed by atoms with E-state index in [-0.39, 0.29) is 24.4 Å². The molecule has 1 unspecified atom stereocenters. The highest BCUT2D eigenvalue weighted by molar-refractivity contribution is 6.03. The summed E-state index contributed by atoms with van der Waals surface area (Å²) < 4.78 is 37.4. The van der Waals surface area contributed by atoms with Crippen LogP contribution in [0.4, 0.5) is 13.2 Å². The number of imidazole rings is 1. The van der Waals surface area contributed by atoms with Crippen molar-refractivity contribution in [3.63, 3.8) is 0 Å². The van der Waals surface area contributed by atoms with Crippen molar-refractivity contribution in [2.24, 2.45) is 0 Å². The number of alkyl halides is 3. The van der Waals surface area contributed by atoms with E-state index in [0.29, 0.717) is 0 Å². The molecule has 1 atom stereocenters. The van der Waals surface area contributed by atoms with Gasteiger partial charge in [-0.3, -0.25) is 19.3 Å². The van der Waals surface area contributed by atoms with Crippen molar-refractivity contribution in [2.45, 2.75) is 31.6 Å². The lowest BCUT2D eigenvalue weighted by atomic mass is 10.0. The summed E-state index contributed by atoms with van der Waals surface area (Å²) in [5.74, 6) is -1.66. The molecule has 0 aromatic carbocycles. The van der Waals surface area contributed by atoms with Crippen LogP contribution in [0.5, 0.6) is 0 Å². The first-order valence-electron chi connectivity index (χ1n) is 6.37. The molecule has 1 fully saturated rings. The summed E-state index contributed by atoms with van der Waals surface area (Å²) in [6, 6.07) is -0.886. The molecule has 3 amide bonds. The van der Waals surface area contributed by atoms with Gasteiger partial charge in [0.1, 0.15) is 18.3 Å². The molecule has 2 heterocycles. The molecule has 22 heavy (non-hydrogen) atoms. The van der Waals surface area contributed by atoms with Crippen molar-refractivity contribution in [1.29, 1.82) is 0 Å². The van der Waals surface area contributed by atoms with Gasteiger partial charge < -0.3 is 9.88 Å². The van der Waals surface area contributed by atoms with Gasteiger partial charge in [0.25, 0.3) is 11.8 Å². The highest BCUT2D eigenvalue weighted by Gasteiger charge is 2.33. The van der Waals surface area contributed by atoms with Crippen LogP contribution in [-0.4, -0.2) is 51.4 Å². The molecular weight excluding hydrogens is 305 g/mol. The number of carbonyl (C=O) groups excluding carboxylic acids is 3. The molecule has 0 radical (unpaired) electrons. The molecule has 1 aliphatic heterocycles. The van der Waals surface area contributed by atoms with E-state index in [1.807, 2.05) is 0 Å². The van der Waals surface area contributed by atoms with Gasteiger partial charge in [-0.2, -0.15) is 13.2 Å². The summed E-state index contributed by atoms with van der Waals surface area (Å²) in [5, 5.41) is 2.37. The Morgan fingerprint density at radius 3 is 2.77 bits per heavy atom. The second-order valence-corrected chi connectivity index (χ2v) is 4.90. The Morgan fingerprint density at radius 1 is 1.45 bits per heavy atom. The molecule has 1 aliphatic rings. The van der Waals surface area contributed by atoms with Crippen LogP contribution in [0.1, 0.15) is 23.3 Å². The lowest BCUT2D eigenvalue weighted by molar-refractivity contribution is -0.148. The Kier molecular flexibility index (Phi) is 4.20. The number of rotatable bonds is 3. The van der Waals surface area contributed by atoms with Gasteiger partial charge in [-0.1, -0.05) is 0 Å². The van der Waals surface area contributed by atoms with Crippen molar-refractivity contribution < 1.29 is 27.6 Å². The van der Waals surface area contributed by atoms with Crippen LogP contribution in [0.2, 0.25) is 0 Å². The molecule has 1 N–H and O–H groups in total. The fraction of sp³-hybridized carbons (Fsp3) is 0.500. The molecule has 10 heteroatoms. The second-order valence-electron chi connectivity index (χ2n) is 4.90. The van der Waals surface area contributed by atoms with Crippen LogP contribution in [0.15, 0.2) is 12.5 Å². The first-order valence-corrected chi connectivity index (χ1v) is 6.37.